The van der Waals surface area contributed by atoms with Crippen LogP contribution in [0.2, 0.25) is 0 Å². The predicted octanol–water partition coefficient (Wildman–Crippen LogP) is 1.00. The zero-order chi connectivity index (χ0) is 11.3. The smallest absolute Gasteiger partial charge is 0.203 e. The predicted molar refractivity (Wildman–Crippen MR) is 57.9 cm³/mol. The number of nitrogens with two attached hydrogens (primary N) is 1. The van der Waals surface area contributed by atoms with Gasteiger partial charge in [0.2, 0.25) is 5.75 Å². The summed E-state index contributed by atoms with van der Waals surface area (Å²) in [5.41, 5.74) is 0.734. The van der Waals surface area contributed by atoms with Crippen molar-refractivity contribution in [1.82, 2.24) is 0 Å². The van der Waals surface area contributed by atoms with Crippen molar-refractivity contribution in [2.24, 2.45) is 10.9 Å². The van der Waals surface area contributed by atoms with Gasteiger partial charge in [-0.15, -0.1) is 0 Å². The van der Waals surface area contributed by atoms with Gasteiger partial charge in [-0.25, -0.2) is 0 Å². The second-order valence-corrected chi connectivity index (χ2v) is 2.70. The minimum atomic E-state index is 0.525. The second-order valence-electron chi connectivity index (χ2n) is 2.70. The van der Waals surface area contributed by atoms with Crippen LogP contribution >= 0.6 is 0 Å². The summed E-state index contributed by atoms with van der Waals surface area (Å²) in [5, 5.41) is 3.44. The molecular formula is C10H14N2O3. The molecule has 0 spiro atoms. The van der Waals surface area contributed by atoms with Gasteiger partial charge in [-0.2, -0.15) is 5.10 Å². The van der Waals surface area contributed by atoms with Gasteiger partial charge < -0.3 is 20.1 Å². The van der Waals surface area contributed by atoms with Crippen molar-refractivity contribution in [1.29, 1.82) is 0 Å². The van der Waals surface area contributed by atoms with Gasteiger partial charge in [0.1, 0.15) is 0 Å². The first-order chi connectivity index (χ1) is 7.28. The van der Waals surface area contributed by atoms with Crippen molar-refractivity contribution < 1.29 is 14.2 Å². The molecule has 0 bridgehead atoms. The van der Waals surface area contributed by atoms with Gasteiger partial charge >= 0.3 is 0 Å². The number of hydrogen-bond acceptors (Lipinski definition) is 5. The number of hydrazone groups is 1. The molecule has 82 valence electrons. The fourth-order valence-corrected chi connectivity index (χ4v) is 1.31. The van der Waals surface area contributed by atoms with Crippen molar-refractivity contribution in [3.8, 4) is 17.2 Å². The first-order valence-electron chi connectivity index (χ1n) is 4.30. The Morgan fingerprint density at radius 3 is 2.20 bits per heavy atom. The van der Waals surface area contributed by atoms with Crippen LogP contribution in [0.25, 0.3) is 0 Å². The summed E-state index contributed by atoms with van der Waals surface area (Å²) >= 11 is 0. The Bertz CT molecular complexity index is 364. The lowest BCUT2D eigenvalue weighted by Gasteiger charge is -2.13. The lowest BCUT2D eigenvalue weighted by molar-refractivity contribution is 0.324. The average Bonchev–Trinajstić information content (AvgIpc) is 2.28. The zero-order valence-corrected chi connectivity index (χ0v) is 8.98. The minimum Gasteiger partial charge on any atom is -0.493 e. The monoisotopic (exact) mass is 210 g/mol. The van der Waals surface area contributed by atoms with Gasteiger partial charge in [0, 0.05) is 5.56 Å². The van der Waals surface area contributed by atoms with Crippen molar-refractivity contribution in [2.45, 2.75) is 0 Å². The molecule has 0 aliphatic heterocycles. The summed E-state index contributed by atoms with van der Waals surface area (Å²) in [6, 6.07) is 3.55. The quantitative estimate of drug-likeness (QED) is 0.457. The fraction of sp³-hybridized carbons (Fsp3) is 0.300. The van der Waals surface area contributed by atoms with E-state index in [1.165, 1.54) is 6.21 Å². The maximum atomic E-state index is 5.21. The number of ether oxygens (including phenoxy) is 3. The van der Waals surface area contributed by atoms with Crippen LogP contribution in [0.15, 0.2) is 17.2 Å². The van der Waals surface area contributed by atoms with Gasteiger partial charge in [0.25, 0.3) is 0 Å². The van der Waals surface area contributed by atoms with E-state index in [-0.39, 0.29) is 0 Å². The molecular weight excluding hydrogens is 196 g/mol. The van der Waals surface area contributed by atoms with Gasteiger partial charge in [0.05, 0.1) is 27.5 Å². The Hall–Kier alpha value is -1.91. The van der Waals surface area contributed by atoms with Crippen LogP contribution in [0.1, 0.15) is 5.56 Å². The number of benzene rings is 1. The highest BCUT2D eigenvalue weighted by atomic mass is 16.5. The van der Waals surface area contributed by atoms with Gasteiger partial charge in [-0.1, -0.05) is 0 Å². The molecule has 1 rings (SSSR count). The summed E-state index contributed by atoms with van der Waals surface area (Å²) in [6.45, 7) is 0. The first-order valence-corrected chi connectivity index (χ1v) is 4.30. The number of nitrogens with zero attached hydrogens (tertiary/aromatic N) is 1. The normalized spacial score (nSPS) is 10.3. The van der Waals surface area contributed by atoms with E-state index >= 15 is 0 Å². The molecule has 15 heavy (non-hydrogen) atoms. The van der Waals surface area contributed by atoms with Crippen LogP contribution in [-0.4, -0.2) is 27.5 Å². The SMILES string of the molecule is COc1ccc(/C=N/N)c(OC)c1OC. The summed E-state index contributed by atoms with van der Waals surface area (Å²) in [7, 11) is 4.66. The largest absolute Gasteiger partial charge is 0.493 e. The Kier molecular flexibility index (Phi) is 3.79. The molecule has 0 saturated carbocycles. The topological polar surface area (TPSA) is 66.1 Å². The molecule has 1 aromatic rings. The van der Waals surface area contributed by atoms with Gasteiger partial charge in [-0.05, 0) is 12.1 Å². The Balaban J connectivity index is 3.33. The van der Waals surface area contributed by atoms with E-state index in [4.69, 9.17) is 20.1 Å². The molecule has 0 amide bonds. The highest BCUT2D eigenvalue weighted by Crippen LogP contribution is 2.38. The third-order valence-corrected chi connectivity index (χ3v) is 1.95. The van der Waals surface area contributed by atoms with E-state index in [1.54, 1.807) is 33.5 Å². The summed E-state index contributed by atoms with van der Waals surface area (Å²) in [6.07, 6.45) is 1.49. The molecule has 5 nitrogen and oxygen atoms in total. The Labute approximate surface area is 88.4 Å². The Morgan fingerprint density at radius 1 is 1.07 bits per heavy atom. The minimum absolute atomic E-state index is 0.525. The van der Waals surface area contributed by atoms with Crippen molar-refractivity contribution in [2.75, 3.05) is 21.3 Å². The summed E-state index contributed by atoms with van der Waals surface area (Å²) < 4.78 is 15.5. The Morgan fingerprint density at radius 2 is 1.73 bits per heavy atom. The molecule has 0 aliphatic rings. The lowest BCUT2D eigenvalue weighted by Crippen LogP contribution is -1.99. The van der Waals surface area contributed by atoms with E-state index in [2.05, 4.69) is 5.10 Å². The van der Waals surface area contributed by atoms with E-state index < -0.39 is 0 Å². The van der Waals surface area contributed by atoms with Crippen LogP contribution in [0.4, 0.5) is 0 Å². The molecule has 0 saturated heterocycles. The van der Waals surface area contributed by atoms with Crippen LogP contribution in [0.5, 0.6) is 17.2 Å². The third-order valence-electron chi connectivity index (χ3n) is 1.95. The fourth-order valence-electron chi connectivity index (χ4n) is 1.31. The molecule has 0 heterocycles. The van der Waals surface area contributed by atoms with E-state index in [0.717, 1.165) is 5.56 Å². The molecule has 0 unspecified atom stereocenters. The number of rotatable bonds is 4. The molecule has 0 aliphatic carbocycles. The maximum absolute atomic E-state index is 5.21. The molecule has 2 N–H and O–H groups in total. The van der Waals surface area contributed by atoms with E-state index in [0.29, 0.717) is 17.2 Å². The maximum Gasteiger partial charge on any atom is 0.203 e. The zero-order valence-electron chi connectivity index (χ0n) is 8.98. The molecule has 0 radical (unpaired) electrons. The standard InChI is InChI=1S/C10H14N2O3/c1-13-8-5-4-7(6-12-11)9(14-2)10(8)15-3/h4-6H,11H2,1-3H3/b12-6+. The van der Waals surface area contributed by atoms with E-state index in [1.807, 2.05) is 0 Å². The highest BCUT2D eigenvalue weighted by Gasteiger charge is 2.14. The third kappa shape index (κ3) is 2.12. The van der Waals surface area contributed by atoms with Gasteiger partial charge in [-0.3, -0.25) is 0 Å². The number of methoxy groups -OCH3 is 3. The van der Waals surface area contributed by atoms with Crippen LogP contribution in [0, 0.1) is 0 Å². The van der Waals surface area contributed by atoms with Crippen LogP contribution in [-0.2, 0) is 0 Å². The van der Waals surface area contributed by atoms with Crippen LogP contribution < -0.4 is 20.1 Å². The van der Waals surface area contributed by atoms with Crippen molar-refractivity contribution in [3.63, 3.8) is 0 Å². The summed E-state index contributed by atoms with van der Waals surface area (Å²) in [4.78, 5) is 0. The highest BCUT2D eigenvalue weighted by molar-refractivity contribution is 5.85. The molecule has 0 atom stereocenters. The first kappa shape index (κ1) is 11.2. The molecule has 0 aromatic heterocycles. The molecule has 1 aromatic carbocycles. The van der Waals surface area contributed by atoms with E-state index in [9.17, 15) is 0 Å². The van der Waals surface area contributed by atoms with Crippen molar-refractivity contribution in [3.05, 3.63) is 17.7 Å². The number of hydrogen-bond donors (Lipinski definition) is 1. The van der Waals surface area contributed by atoms with Crippen LogP contribution in [0.3, 0.4) is 0 Å². The molecule has 5 heteroatoms. The molecule has 0 fully saturated rings. The lowest BCUT2D eigenvalue weighted by atomic mass is 10.2. The summed E-state index contributed by atoms with van der Waals surface area (Å²) in [5.74, 6) is 6.76. The van der Waals surface area contributed by atoms with Crippen molar-refractivity contribution >= 4 is 6.21 Å². The second kappa shape index (κ2) is 5.09. The van der Waals surface area contributed by atoms with Gasteiger partial charge in [0.15, 0.2) is 11.5 Å². The average molecular weight is 210 g/mol.